The van der Waals surface area contributed by atoms with Crippen LogP contribution < -0.4 is 5.43 Å². The van der Waals surface area contributed by atoms with Crippen molar-refractivity contribution in [3.8, 4) is 0 Å². The zero-order chi connectivity index (χ0) is 20.7. The number of sulfone groups is 1. The highest BCUT2D eigenvalue weighted by Crippen LogP contribution is 2.19. The van der Waals surface area contributed by atoms with E-state index in [2.05, 4.69) is 10.5 Å². The molecule has 0 radical (unpaired) electrons. The normalized spacial score (nSPS) is 11.5. The molecule has 0 aliphatic heterocycles. The van der Waals surface area contributed by atoms with E-state index in [4.69, 9.17) is 0 Å². The Kier molecular flexibility index (Phi) is 6.57. The second-order valence-electron chi connectivity index (χ2n) is 6.73. The lowest BCUT2D eigenvalue weighted by atomic mass is 10.1. The number of carbonyl (C=O) groups excluding carboxylic acids is 1. The van der Waals surface area contributed by atoms with Crippen LogP contribution in [-0.4, -0.2) is 20.5 Å². The molecule has 3 aromatic carbocycles. The average Bonchev–Trinajstić information content (AvgIpc) is 2.70. The van der Waals surface area contributed by atoms with Crippen molar-refractivity contribution < 1.29 is 13.2 Å². The van der Waals surface area contributed by atoms with Crippen molar-refractivity contribution >= 4 is 22.0 Å². The molecule has 3 aromatic rings. The molecular weight excluding hydrogens is 384 g/mol. The first-order chi connectivity index (χ1) is 13.9. The number of hydrazone groups is 1. The number of hydrogen-bond acceptors (Lipinski definition) is 4. The monoisotopic (exact) mass is 406 g/mol. The number of rotatable bonds is 7. The number of benzene rings is 3. The quantitative estimate of drug-likeness (QED) is 0.481. The van der Waals surface area contributed by atoms with Gasteiger partial charge in [0.05, 0.1) is 23.3 Å². The lowest BCUT2D eigenvalue weighted by Gasteiger charge is -2.08. The Labute approximate surface area is 171 Å². The Morgan fingerprint density at radius 1 is 0.931 bits per heavy atom. The summed E-state index contributed by atoms with van der Waals surface area (Å²) in [6.45, 7) is 1.91. The van der Waals surface area contributed by atoms with Crippen molar-refractivity contribution in [1.82, 2.24) is 5.43 Å². The standard InChI is InChI=1S/C23H22N2O3S/c1-18-11-13-22(14-12-18)29(27,28)17-21-10-6-5-9-20(21)16-24-25-23(26)15-19-7-3-2-4-8-19/h2-14,16H,15,17H2,1H3,(H,25,26)/b24-16+. The lowest BCUT2D eigenvalue weighted by Crippen LogP contribution is -2.19. The number of hydrogen-bond donors (Lipinski definition) is 1. The smallest absolute Gasteiger partial charge is 0.244 e. The maximum Gasteiger partial charge on any atom is 0.244 e. The summed E-state index contributed by atoms with van der Waals surface area (Å²) in [5.74, 6) is -0.381. The summed E-state index contributed by atoms with van der Waals surface area (Å²) in [5.41, 5.74) is 5.65. The average molecular weight is 407 g/mol. The highest BCUT2D eigenvalue weighted by Gasteiger charge is 2.16. The minimum atomic E-state index is -3.48. The fourth-order valence-electron chi connectivity index (χ4n) is 2.82. The molecule has 1 amide bonds. The fraction of sp³-hybridized carbons (Fsp3) is 0.130. The highest BCUT2D eigenvalue weighted by atomic mass is 32.2. The minimum Gasteiger partial charge on any atom is -0.273 e. The minimum absolute atomic E-state index is 0.143. The number of amides is 1. The summed E-state index contributed by atoms with van der Waals surface area (Å²) in [5, 5.41) is 3.99. The van der Waals surface area contributed by atoms with Gasteiger partial charge in [-0.3, -0.25) is 4.79 Å². The van der Waals surface area contributed by atoms with Crippen molar-refractivity contribution in [2.45, 2.75) is 24.0 Å². The first-order valence-electron chi connectivity index (χ1n) is 9.17. The number of aryl methyl sites for hydroxylation is 1. The Balaban J connectivity index is 1.69. The predicted molar refractivity (Wildman–Crippen MR) is 114 cm³/mol. The number of carbonyl (C=O) groups is 1. The zero-order valence-electron chi connectivity index (χ0n) is 16.1. The molecule has 0 heterocycles. The third-order valence-electron chi connectivity index (χ3n) is 4.38. The summed E-state index contributed by atoms with van der Waals surface area (Å²) < 4.78 is 25.5. The molecule has 0 aromatic heterocycles. The van der Waals surface area contributed by atoms with Crippen LogP contribution in [-0.2, 0) is 26.8 Å². The van der Waals surface area contributed by atoms with Gasteiger partial charge in [0.25, 0.3) is 0 Å². The van der Waals surface area contributed by atoms with Gasteiger partial charge >= 0.3 is 0 Å². The maximum atomic E-state index is 12.7. The summed E-state index contributed by atoms with van der Waals surface area (Å²) in [6.07, 6.45) is 1.70. The molecule has 0 bridgehead atoms. The van der Waals surface area contributed by atoms with Crippen molar-refractivity contribution in [2.75, 3.05) is 0 Å². The van der Waals surface area contributed by atoms with E-state index in [1.54, 1.807) is 48.5 Å². The first kappa shape index (κ1) is 20.5. The van der Waals surface area contributed by atoms with Gasteiger partial charge in [-0.1, -0.05) is 72.3 Å². The van der Waals surface area contributed by atoms with Crippen molar-refractivity contribution in [2.24, 2.45) is 5.10 Å². The molecule has 0 spiro atoms. The molecule has 6 heteroatoms. The first-order valence-corrected chi connectivity index (χ1v) is 10.8. The van der Waals surface area contributed by atoms with Crippen LogP contribution in [0.3, 0.4) is 0 Å². The molecule has 0 saturated carbocycles. The second-order valence-corrected chi connectivity index (χ2v) is 8.72. The summed E-state index contributed by atoms with van der Waals surface area (Å²) in [7, 11) is -3.48. The molecule has 0 unspecified atom stereocenters. The predicted octanol–water partition coefficient (Wildman–Crippen LogP) is 3.66. The zero-order valence-corrected chi connectivity index (χ0v) is 16.9. The van der Waals surface area contributed by atoms with Gasteiger partial charge in [0.1, 0.15) is 0 Å². The molecular formula is C23H22N2O3S. The maximum absolute atomic E-state index is 12.7. The van der Waals surface area contributed by atoms with E-state index in [0.29, 0.717) is 11.1 Å². The fourth-order valence-corrected chi connectivity index (χ4v) is 4.21. The van der Waals surface area contributed by atoms with Crippen LogP contribution in [0.25, 0.3) is 0 Å². The van der Waals surface area contributed by atoms with E-state index < -0.39 is 9.84 Å². The van der Waals surface area contributed by atoms with Gasteiger partial charge in [-0.25, -0.2) is 13.8 Å². The molecule has 0 aliphatic rings. The molecule has 3 rings (SSSR count). The van der Waals surface area contributed by atoms with E-state index in [1.165, 1.54) is 6.21 Å². The van der Waals surface area contributed by atoms with Crippen LogP contribution in [0.5, 0.6) is 0 Å². The van der Waals surface area contributed by atoms with Crippen LogP contribution in [0.1, 0.15) is 22.3 Å². The SMILES string of the molecule is Cc1ccc(S(=O)(=O)Cc2ccccc2/C=N/NC(=O)Cc2ccccc2)cc1. The third kappa shape index (κ3) is 5.86. The molecule has 148 valence electrons. The Morgan fingerprint density at radius 2 is 1.59 bits per heavy atom. The van der Waals surface area contributed by atoms with Gasteiger partial charge in [-0.15, -0.1) is 0 Å². The molecule has 5 nitrogen and oxygen atoms in total. The molecule has 0 aliphatic carbocycles. The van der Waals surface area contributed by atoms with Gasteiger partial charge in [-0.05, 0) is 35.7 Å². The van der Waals surface area contributed by atoms with E-state index in [1.807, 2.05) is 37.3 Å². The third-order valence-corrected chi connectivity index (χ3v) is 6.06. The summed E-state index contributed by atoms with van der Waals surface area (Å²) in [6, 6.07) is 23.3. The molecule has 29 heavy (non-hydrogen) atoms. The van der Waals surface area contributed by atoms with Crippen molar-refractivity contribution in [3.63, 3.8) is 0 Å². The molecule has 0 atom stereocenters. The van der Waals surface area contributed by atoms with Crippen LogP contribution in [0.2, 0.25) is 0 Å². The lowest BCUT2D eigenvalue weighted by molar-refractivity contribution is -0.120. The number of nitrogens with one attached hydrogen (secondary N) is 1. The second kappa shape index (κ2) is 9.30. The topological polar surface area (TPSA) is 75.6 Å². The molecule has 1 N–H and O–H groups in total. The van der Waals surface area contributed by atoms with Crippen molar-refractivity contribution in [1.29, 1.82) is 0 Å². The van der Waals surface area contributed by atoms with Gasteiger partial charge < -0.3 is 0 Å². The van der Waals surface area contributed by atoms with Gasteiger partial charge in [0.2, 0.25) is 5.91 Å². The van der Waals surface area contributed by atoms with Gasteiger partial charge in [0, 0.05) is 0 Å². The number of nitrogens with zero attached hydrogens (tertiary/aromatic N) is 1. The van der Waals surface area contributed by atoms with E-state index >= 15 is 0 Å². The van der Waals surface area contributed by atoms with Crippen LogP contribution in [0.15, 0.2) is 88.9 Å². The largest absolute Gasteiger partial charge is 0.273 e. The van der Waals surface area contributed by atoms with E-state index in [9.17, 15) is 13.2 Å². The van der Waals surface area contributed by atoms with Gasteiger partial charge in [-0.2, -0.15) is 5.10 Å². The highest BCUT2D eigenvalue weighted by molar-refractivity contribution is 7.90. The van der Waals surface area contributed by atoms with E-state index in [0.717, 1.165) is 11.1 Å². The van der Waals surface area contributed by atoms with Crippen LogP contribution in [0.4, 0.5) is 0 Å². The summed E-state index contributed by atoms with van der Waals surface area (Å²) in [4.78, 5) is 12.3. The van der Waals surface area contributed by atoms with E-state index in [-0.39, 0.29) is 23.0 Å². The van der Waals surface area contributed by atoms with Crippen LogP contribution in [0, 0.1) is 6.92 Å². The van der Waals surface area contributed by atoms with Crippen LogP contribution >= 0.6 is 0 Å². The summed E-state index contributed by atoms with van der Waals surface area (Å²) >= 11 is 0. The Bertz CT molecular complexity index is 1110. The Morgan fingerprint density at radius 3 is 2.31 bits per heavy atom. The van der Waals surface area contributed by atoms with Crippen molar-refractivity contribution in [3.05, 3.63) is 101 Å². The Hall–Kier alpha value is -3.25. The molecule has 0 fully saturated rings. The van der Waals surface area contributed by atoms with Gasteiger partial charge in [0.15, 0.2) is 9.84 Å². The molecule has 0 saturated heterocycles.